The second-order valence-electron chi connectivity index (χ2n) is 4.54. The molecule has 18 heavy (non-hydrogen) atoms. The second-order valence-corrected chi connectivity index (χ2v) is 4.54. The zero-order chi connectivity index (χ0) is 12.6. The summed E-state index contributed by atoms with van der Waals surface area (Å²) in [5.74, 6) is 1.04. The maximum absolute atomic E-state index is 11.3. The fourth-order valence-electron chi connectivity index (χ4n) is 2.43. The van der Waals surface area contributed by atoms with E-state index in [-0.39, 0.29) is 0 Å². The number of benzene rings is 1. The van der Waals surface area contributed by atoms with Gasteiger partial charge in [-0.2, -0.15) is 0 Å². The molecule has 5 heteroatoms. The van der Waals surface area contributed by atoms with Gasteiger partial charge in [0.1, 0.15) is 0 Å². The lowest BCUT2D eigenvalue weighted by Crippen LogP contribution is -2.34. The number of amides is 1. The van der Waals surface area contributed by atoms with Gasteiger partial charge in [0.2, 0.25) is 5.75 Å². The molecule has 0 atom stereocenters. The maximum atomic E-state index is 11.3. The number of hydrogen-bond acceptors (Lipinski definition) is 4. The summed E-state index contributed by atoms with van der Waals surface area (Å²) in [6.07, 6.45) is 3.43. The van der Waals surface area contributed by atoms with Crippen LogP contribution < -0.4 is 19.5 Å². The summed E-state index contributed by atoms with van der Waals surface area (Å²) in [6.45, 7) is 0. The Kier molecular flexibility index (Phi) is 2.54. The first-order valence-electron chi connectivity index (χ1n) is 6.13. The smallest absolute Gasteiger partial charge is 0.412 e. The summed E-state index contributed by atoms with van der Waals surface area (Å²) in [7, 11) is 1.52. The van der Waals surface area contributed by atoms with Crippen LogP contribution in [0.1, 0.15) is 25.7 Å². The number of hydrogen-bond donors (Lipinski definition) is 1. The van der Waals surface area contributed by atoms with E-state index < -0.39 is 11.9 Å². The second kappa shape index (κ2) is 4.08. The molecule has 0 aromatic heterocycles. The molecule has 1 N–H and O–H groups in total. The number of carbonyl (C=O) groups excluding carboxylic acids is 1. The predicted molar refractivity (Wildman–Crippen MR) is 64.0 cm³/mol. The molecule has 1 spiro atoms. The number of carbonyl (C=O) groups is 1. The summed E-state index contributed by atoms with van der Waals surface area (Å²) in [4.78, 5) is 11.3. The molecule has 2 aliphatic rings. The molecule has 0 radical (unpaired) electrons. The van der Waals surface area contributed by atoms with Crippen LogP contribution in [0.4, 0.5) is 4.79 Å². The number of para-hydroxylation sites is 1. The standard InChI is InChI=1S/C13H15NO4/c1-14-12(15)16-9-5-4-6-10-11(9)18-13(17-10)7-2-3-8-13/h4-6H,2-3,7-8H2,1H3,(H,14,15). The van der Waals surface area contributed by atoms with Crippen LogP contribution >= 0.6 is 0 Å². The van der Waals surface area contributed by atoms with Gasteiger partial charge < -0.3 is 19.5 Å². The largest absolute Gasteiger partial charge is 0.448 e. The number of rotatable bonds is 1. The van der Waals surface area contributed by atoms with Crippen LogP contribution in [0, 0.1) is 0 Å². The van der Waals surface area contributed by atoms with E-state index in [0.717, 1.165) is 25.7 Å². The molecule has 5 nitrogen and oxygen atoms in total. The van der Waals surface area contributed by atoms with Crippen molar-refractivity contribution in [3.63, 3.8) is 0 Å². The van der Waals surface area contributed by atoms with Gasteiger partial charge in [-0.15, -0.1) is 0 Å². The molecular weight excluding hydrogens is 234 g/mol. The van der Waals surface area contributed by atoms with Gasteiger partial charge in [0, 0.05) is 19.9 Å². The van der Waals surface area contributed by atoms with E-state index in [1.807, 2.05) is 6.07 Å². The van der Waals surface area contributed by atoms with Crippen LogP contribution in [0.2, 0.25) is 0 Å². The SMILES string of the molecule is CNC(=O)Oc1cccc2c1OC1(CCCC1)O2. The van der Waals surface area contributed by atoms with E-state index >= 15 is 0 Å². The van der Waals surface area contributed by atoms with Gasteiger partial charge in [-0.1, -0.05) is 6.07 Å². The van der Waals surface area contributed by atoms with E-state index in [1.54, 1.807) is 12.1 Å². The van der Waals surface area contributed by atoms with Crippen LogP contribution in [0.3, 0.4) is 0 Å². The Hall–Kier alpha value is -1.91. The lowest BCUT2D eigenvalue weighted by molar-refractivity contribution is -0.0722. The van der Waals surface area contributed by atoms with Crippen molar-refractivity contribution >= 4 is 6.09 Å². The molecule has 0 bridgehead atoms. The van der Waals surface area contributed by atoms with Gasteiger partial charge in [-0.05, 0) is 25.0 Å². The van der Waals surface area contributed by atoms with Crippen molar-refractivity contribution in [1.29, 1.82) is 0 Å². The number of fused-ring (bicyclic) bond motifs is 1. The van der Waals surface area contributed by atoms with Crippen molar-refractivity contribution < 1.29 is 19.0 Å². The first-order chi connectivity index (χ1) is 8.72. The van der Waals surface area contributed by atoms with Gasteiger partial charge in [0.15, 0.2) is 11.5 Å². The van der Waals surface area contributed by atoms with E-state index in [4.69, 9.17) is 14.2 Å². The highest BCUT2D eigenvalue weighted by Crippen LogP contribution is 2.50. The van der Waals surface area contributed by atoms with E-state index in [9.17, 15) is 4.79 Å². The van der Waals surface area contributed by atoms with Gasteiger partial charge in [0.25, 0.3) is 5.79 Å². The third-order valence-corrected chi connectivity index (χ3v) is 3.30. The Morgan fingerprint density at radius 2 is 2.11 bits per heavy atom. The number of ether oxygens (including phenoxy) is 3. The summed E-state index contributed by atoms with van der Waals surface area (Å²) in [5.41, 5.74) is 0. The Bertz CT molecular complexity index is 480. The first-order valence-corrected chi connectivity index (χ1v) is 6.13. The zero-order valence-electron chi connectivity index (χ0n) is 10.2. The fourth-order valence-corrected chi connectivity index (χ4v) is 2.43. The van der Waals surface area contributed by atoms with Gasteiger partial charge in [-0.25, -0.2) is 4.79 Å². The lowest BCUT2D eigenvalue weighted by atomic mass is 10.2. The maximum Gasteiger partial charge on any atom is 0.412 e. The zero-order valence-corrected chi connectivity index (χ0v) is 10.2. The van der Waals surface area contributed by atoms with Gasteiger partial charge >= 0.3 is 6.09 Å². The van der Waals surface area contributed by atoms with Crippen LogP contribution in [-0.2, 0) is 0 Å². The van der Waals surface area contributed by atoms with Crippen LogP contribution in [-0.4, -0.2) is 18.9 Å². The van der Waals surface area contributed by atoms with Crippen molar-refractivity contribution in [1.82, 2.24) is 5.32 Å². The van der Waals surface area contributed by atoms with Crippen LogP contribution in [0.5, 0.6) is 17.2 Å². The third kappa shape index (κ3) is 1.75. The first kappa shape index (κ1) is 11.2. The molecule has 1 aliphatic carbocycles. The molecule has 1 amide bonds. The van der Waals surface area contributed by atoms with Gasteiger partial charge in [0.05, 0.1) is 0 Å². The highest BCUT2D eigenvalue weighted by Gasteiger charge is 2.45. The summed E-state index contributed by atoms with van der Waals surface area (Å²) >= 11 is 0. The molecule has 1 aliphatic heterocycles. The van der Waals surface area contributed by atoms with Crippen molar-refractivity contribution in [2.75, 3.05) is 7.05 Å². The minimum absolute atomic E-state index is 0.399. The lowest BCUT2D eigenvalue weighted by Gasteiger charge is -2.21. The van der Waals surface area contributed by atoms with Crippen molar-refractivity contribution in [2.45, 2.75) is 31.5 Å². The quantitative estimate of drug-likeness (QED) is 0.830. The Morgan fingerprint density at radius 3 is 2.83 bits per heavy atom. The molecule has 96 valence electrons. The van der Waals surface area contributed by atoms with E-state index in [2.05, 4.69) is 5.32 Å². The molecule has 1 saturated carbocycles. The Morgan fingerprint density at radius 1 is 1.33 bits per heavy atom. The Labute approximate surface area is 105 Å². The van der Waals surface area contributed by atoms with Crippen molar-refractivity contribution in [3.8, 4) is 17.2 Å². The van der Waals surface area contributed by atoms with E-state index in [1.165, 1.54) is 7.05 Å². The molecular formula is C13H15NO4. The molecule has 1 aromatic carbocycles. The Balaban J connectivity index is 1.88. The average Bonchev–Trinajstić information content (AvgIpc) is 2.97. The van der Waals surface area contributed by atoms with Gasteiger partial charge in [-0.3, -0.25) is 0 Å². The topological polar surface area (TPSA) is 56.8 Å². The average molecular weight is 249 g/mol. The molecule has 1 fully saturated rings. The minimum atomic E-state index is -0.537. The normalized spacial score (nSPS) is 18.9. The number of nitrogens with one attached hydrogen (secondary N) is 1. The summed E-state index contributed by atoms with van der Waals surface area (Å²) in [5, 5.41) is 2.41. The van der Waals surface area contributed by atoms with Crippen molar-refractivity contribution in [2.24, 2.45) is 0 Å². The molecule has 3 rings (SSSR count). The van der Waals surface area contributed by atoms with Crippen molar-refractivity contribution in [3.05, 3.63) is 18.2 Å². The predicted octanol–water partition coefficient (Wildman–Crippen LogP) is 2.45. The molecule has 0 saturated heterocycles. The van der Waals surface area contributed by atoms with E-state index in [0.29, 0.717) is 17.2 Å². The van der Waals surface area contributed by atoms with Crippen LogP contribution in [0.25, 0.3) is 0 Å². The highest BCUT2D eigenvalue weighted by atomic mass is 16.7. The summed E-state index contributed by atoms with van der Waals surface area (Å²) < 4.78 is 16.9. The molecule has 0 unspecified atom stereocenters. The molecule has 1 heterocycles. The molecule has 1 aromatic rings. The summed E-state index contributed by atoms with van der Waals surface area (Å²) in [6, 6.07) is 5.32. The monoisotopic (exact) mass is 249 g/mol. The minimum Gasteiger partial charge on any atom is -0.448 e. The highest BCUT2D eigenvalue weighted by molar-refractivity contribution is 5.72. The van der Waals surface area contributed by atoms with Crippen LogP contribution in [0.15, 0.2) is 18.2 Å². The third-order valence-electron chi connectivity index (χ3n) is 3.30. The fraction of sp³-hybridized carbons (Fsp3) is 0.462.